The number of hydrogen-bond acceptors (Lipinski definition) is 3. The fourth-order valence-electron chi connectivity index (χ4n) is 1.80. The Labute approximate surface area is 99.5 Å². The average Bonchev–Trinajstić information content (AvgIpc) is 2.73. The van der Waals surface area contributed by atoms with Gasteiger partial charge in [-0.2, -0.15) is 0 Å². The van der Waals surface area contributed by atoms with Gasteiger partial charge in [0.25, 0.3) is 0 Å². The van der Waals surface area contributed by atoms with Crippen LogP contribution in [0.15, 0.2) is 29.6 Å². The van der Waals surface area contributed by atoms with E-state index in [2.05, 4.69) is 12.1 Å². The van der Waals surface area contributed by atoms with E-state index in [9.17, 15) is 5.11 Å². The largest absolute Gasteiger partial charge is 0.383 e. The molecule has 0 spiro atoms. The van der Waals surface area contributed by atoms with Gasteiger partial charge in [-0.15, -0.1) is 11.3 Å². The fourth-order valence-corrected chi connectivity index (χ4v) is 2.83. The van der Waals surface area contributed by atoms with Crippen molar-refractivity contribution in [3.05, 3.63) is 35.2 Å². The molecule has 0 amide bonds. The van der Waals surface area contributed by atoms with Crippen LogP contribution in [0.2, 0.25) is 0 Å². The number of ether oxygens (including phenoxy) is 1. The normalized spacial score (nSPS) is 15.2. The third kappa shape index (κ3) is 2.12. The lowest BCUT2D eigenvalue weighted by molar-refractivity contribution is -0.0332. The third-order valence-electron chi connectivity index (χ3n) is 2.65. The van der Waals surface area contributed by atoms with Gasteiger partial charge in [0.15, 0.2) is 0 Å². The molecule has 1 atom stereocenters. The summed E-state index contributed by atoms with van der Waals surface area (Å²) in [6, 6.07) is 8.08. The standard InChI is InChI=1S/C13H16O2S/c1-3-15-9-13(2,14)11-6-4-5-10-7-8-16-12(10)11/h4-8,14H,3,9H2,1-2H3. The SMILES string of the molecule is CCOCC(C)(O)c1cccc2ccsc12. The van der Waals surface area contributed by atoms with Crippen LogP contribution >= 0.6 is 11.3 Å². The van der Waals surface area contributed by atoms with E-state index in [1.165, 1.54) is 5.39 Å². The monoisotopic (exact) mass is 236 g/mol. The molecule has 86 valence electrons. The molecule has 2 aromatic rings. The van der Waals surface area contributed by atoms with E-state index in [0.29, 0.717) is 13.2 Å². The van der Waals surface area contributed by atoms with Crippen molar-refractivity contribution in [2.24, 2.45) is 0 Å². The number of aliphatic hydroxyl groups is 1. The van der Waals surface area contributed by atoms with E-state index in [-0.39, 0.29) is 0 Å². The highest BCUT2D eigenvalue weighted by molar-refractivity contribution is 7.17. The average molecular weight is 236 g/mol. The van der Waals surface area contributed by atoms with E-state index in [4.69, 9.17) is 4.74 Å². The van der Waals surface area contributed by atoms with Crippen LogP contribution in [0.4, 0.5) is 0 Å². The maximum Gasteiger partial charge on any atom is 0.111 e. The summed E-state index contributed by atoms with van der Waals surface area (Å²) in [6.07, 6.45) is 0. The van der Waals surface area contributed by atoms with Crippen LogP contribution in [0.1, 0.15) is 19.4 Å². The Morgan fingerprint density at radius 2 is 2.19 bits per heavy atom. The number of benzene rings is 1. The first kappa shape index (κ1) is 11.6. The first-order valence-corrected chi connectivity index (χ1v) is 6.30. The molecule has 1 N–H and O–H groups in total. The molecule has 0 saturated heterocycles. The van der Waals surface area contributed by atoms with E-state index in [0.717, 1.165) is 10.3 Å². The second-order valence-corrected chi connectivity index (χ2v) is 4.97. The van der Waals surface area contributed by atoms with Gasteiger partial charge in [-0.25, -0.2) is 0 Å². The summed E-state index contributed by atoms with van der Waals surface area (Å²) in [4.78, 5) is 0. The molecule has 1 unspecified atom stereocenters. The molecule has 0 aliphatic carbocycles. The van der Waals surface area contributed by atoms with Crippen LogP contribution in [0.25, 0.3) is 10.1 Å². The molecule has 0 bridgehead atoms. The number of thiophene rings is 1. The highest BCUT2D eigenvalue weighted by atomic mass is 32.1. The van der Waals surface area contributed by atoms with Gasteiger partial charge in [-0.05, 0) is 30.7 Å². The Morgan fingerprint density at radius 1 is 1.38 bits per heavy atom. The predicted octanol–water partition coefficient (Wildman–Crippen LogP) is 3.15. The Kier molecular flexibility index (Phi) is 3.28. The van der Waals surface area contributed by atoms with E-state index < -0.39 is 5.60 Å². The molecule has 1 heterocycles. The minimum Gasteiger partial charge on any atom is -0.383 e. The molecule has 1 aromatic carbocycles. The Bertz CT molecular complexity index is 473. The Balaban J connectivity index is 2.41. The Morgan fingerprint density at radius 3 is 2.94 bits per heavy atom. The second-order valence-electron chi connectivity index (χ2n) is 4.06. The minimum atomic E-state index is -0.916. The molecule has 16 heavy (non-hydrogen) atoms. The number of rotatable bonds is 4. The predicted molar refractivity (Wildman–Crippen MR) is 67.9 cm³/mol. The molecule has 0 aliphatic rings. The summed E-state index contributed by atoms with van der Waals surface area (Å²) in [6.45, 7) is 4.69. The van der Waals surface area contributed by atoms with Crippen molar-refractivity contribution in [1.29, 1.82) is 0 Å². The highest BCUT2D eigenvalue weighted by Gasteiger charge is 2.25. The summed E-state index contributed by atoms with van der Waals surface area (Å²) in [7, 11) is 0. The molecule has 1 aromatic heterocycles. The van der Waals surface area contributed by atoms with Crippen LogP contribution in [0.3, 0.4) is 0 Å². The van der Waals surface area contributed by atoms with Gasteiger partial charge in [-0.1, -0.05) is 18.2 Å². The van der Waals surface area contributed by atoms with Crippen molar-refractivity contribution in [2.45, 2.75) is 19.4 Å². The first-order valence-electron chi connectivity index (χ1n) is 5.42. The lowest BCUT2D eigenvalue weighted by Crippen LogP contribution is -2.27. The second kappa shape index (κ2) is 4.53. The maximum absolute atomic E-state index is 10.4. The molecule has 0 fully saturated rings. The molecule has 0 saturated carbocycles. The summed E-state index contributed by atoms with van der Waals surface area (Å²) in [5.74, 6) is 0. The van der Waals surface area contributed by atoms with Crippen LogP contribution < -0.4 is 0 Å². The van der Waals surface area contributed by atoms with Crippen molar-refractivity contribution >= 4 is 21.4 Å². The molecule has 2 nitrogen and oxygen atoms in total. The van der Waals surface area contributed by atoms with Gasteiger partial charge in [0, 0.05) is 16.9 Å². The molecular formula is C13H16O2S. The number of fused-ring (bicyclic) bond motifs is 1. The topological polar surface area (TPSA) is 29.5 Å². The maximum atomic E-state index is 10.4. The van der Waals surface area contributed by atoms with Crippen LogP contribution in [0, 0.1) is 0 Å². The molecule has 0 radical (unpaired) electrons. The van der Waals surface area contributed by atoms with Crippen molar-refractivity contribution in [3.8, 4) is 0 Å². The zero-order valence-corrected chi connectivity index (χ0v) is 10.4. The zero-order valence-electron chi connectivity index (χ0n) is 9.56. The third-order valence-corrected chi connectivity index (χ3v) is 3.61. The number of hydrogen-bond donors (Lipinski definition) is 1. The fraction of sp³-hybridized carbons (Fsp3) is 0.385. The minimum absolute atomic E-state index is 0.334. The van der Waals surface area contributed by atoms with Crippen molar-refractivity contribution in [1.82, 2.24) is 0 Å². The van der Waals surface area contributed by atoms with E-state index >= 15 is 0 Å². The summed E-state index contributed by atoms with van der Waals surface area (Å²) >= 11 is 1.66. The molecule has 2 rings (SSSR count). The van der Waals surface area contributed by atoms with Crippen LogP contribution in [-0.4, -0.2) is 18.3 Å². The lowest BCUT2D eigenvalue weighted by Gasteiger charge is -2.24. The van der Waals surface area contributed by atoms with Gasteiger partial charge in [0.05, 0.1) is 6.61 Å². The molecular weight excluding hydrogens is 220 g/mol. The quantitative estimate of drug-likeness (QED) is 0.883. The van der Waals surface area contributed by atoms with Crippen molar-refractivity contribution in [2.75, 3.05) is 13.2 Å². The molecule has 0 aliphatic heterocycles. The summed E-state index contributed by atoms with van der Waals surface area (Å²) in [5, 5.41) is 13.6. The van der Waals surface area contributed by atoms with Gasteiger partial charge >= 0.3 is 0 Å². The summed E-state index contributed by atoms with van der Waals surface area (Å²) in [5.41, 5.74) is 0.0360. The van der Waals surface area contributed by atoms with Gasteiger partial charge < -0.3 is 9.84 Å². The van der Waals surface area contributed by atoms with Crippen molar-refractivity contribution in [3.63, 3.8) is 0 Å². The van der Waals surface area contributed by atoms with Crippen LogP contribution in [-0.2, 0) is 10.3 Å². The first-order chi connectivity index (χ1) is 7.65. The van der Waals surface area contributed by atoms with Gasteiger partial charge in [-0.3, -0.25) is 0 Å². The smallest absolute Gasteiger partial charge is 0.111 e. The van der Waals surface area contributed by atoms with Gasteiger partial charge in [0.1, 0.15) is 5.60 Å². The zero-order chi connectivity index (χ0) is 11.6. The summed E-state index contributed by atoms with van der Waals surface area (Å²) < 4.78 is 6.48. The highest BCUT2D eigenvalue weighted by Crippen LogP contribution is 2.32. The Hall–Kier alpha value is -0.900. The molecule has 3 heteroatoms. The van der Waals surface area contributed by atoms with Crippen molar-refractivity contribution < 1.29 is 9.84 Å². The van der Waals surface area contributed by atoms with Gasteiger partial charge in [0.2, 0.25) is 0 Å². The lowest BCUT2D eigenvalue weighted by atomic mass is 9.96. The van der Waals surface area contributed by atoms with Crippen LogP contribution in [0.5, 0.6) is 0 Å². The van der Waals surface area contributed by atoms with E-state index in [1.807, 2.05) is 24.4 Å². The van der Waals surface area contributed by atoms with E-state index in [1.54, 1.807) is 18.3 Å².